The third kappa shape index (κ3) is 4.87. The Morgan fingerprint density at radius 1 is 1.16 bits per heavy atom. The Hall–Kier alpha value is -3.35. The Balaban J connectivity index is 1.42. The van der Waals surface area contributed by atoms with E-state index in [1.807, 2.05) is 74.2 Å². The van der Waals surface area contributed by atoms with E-state index in [9.17, 15) is 9.59 Å². The van der Waals surface area contributed by atoms with E-state index in [1.165, 1.54) is 0 Å². The number of H-pyrrole nitrogens is 1. The largest absolute Gasteiger partial charge is 0.444 e. The molecule has 2 heterocycles. The summed E-state index contributed by atoms with van der Waals surface area (Å²) in [7, 11) is 0. The number of aromatic amines is 1. The van der Waals surface area contributed by atoms with E-state index in [4.69, 9.17) is 9.72 Å². The quantitative estimate of drug-likeness (QED) is 0.647. The second-order valence-electron chi connectivity index (χ2n) is 8.85. The van der Waals surface area contributed by atoms with Crippen molar-refractivity contribution < 1.29 is 14.3 Å². The maximum atomic E-state index is 13.2. The van der Waals surface area contributed by atoms with Crippen molar-refractivity contribution in [1.82, 2.24) is 20.2 Å². The Kier molecular flexibility index (Phi) is 5.67. The van der Waals surface area contributed by atoms with Gasteiger partial charge in [-0.3, -0.25) is 4.79 Å². The van der Waals surface area contributed by atoms with Crippen LogP contribution in [0.1, 0.15) is 61.4 Å². The average molecular weight is 421 g/mol. The summed E-state index contributed by atoms with van der Waals surface area (Å²) in [4.78, 5) is 35.0. The number of nitrogens with zero attached hydrogens (tertiary/aromatic N) is 2. The molecule has 1 atom stereocenters. The molecule has 1 saturated heterocycles. The van der Waals surface area contributed by atoms with Gasteiger partial charge in [0.1, 0.15) is 11.4 Å². The van der Waals surface area contributed by atoms with Crippen LogP contribution < -0.4 is 5.32 Å². The molecule has 2 amide bonds. The number of carbonyl (C=O) groups is 2. The van der Waals surface area contributed by atoms with Gasteiger partial charge in [0, 0.05) is 18.7 Å². The number of amides is 2. The zero-order valence-electron chi connectivity index (χ0n) is 18.1. The Morgan fingerprint density at radius 3 is 2.61 bits per heavy atom. The van der Waals surface area contributed by atoms with E-state index in [-0.39, 0.29) is 11.9 Å². The number of carbonyl (C=O) groups excluding carboxylic acids is 2. The van der Waals surface area contributed by atoms with Gasteiger partial charge in [-0.2, -0.15) is 0 Å². The van der Waals surface area contributed by atoms with Gasteiger partial charge in [-0.1, -0.05) is 24.3 Å². The highest BCUT2D eigenvalue weighted by atomic mass is 16.6. The molecular formula is C24H28N4O3. The van der Waals surface area contributed by atoms with Crippen LogP contribution in [0.15, 0.2) is 48.5 Å². The lowest BCUT2D eigenvalue weighted by Crippen LogP contribution is -2.32. The lowest BCUT2D eigenvalue weighted by Gasteiger charge is -2.23. The highest BCUT2D eigenvalue weighted by Crippen LogP contribution is 2.32. The zero-order chi connectivity index (χ0) is 22.0. The van der Waals surface area contributed by atoms with Gasteiger partial charge in [0.2, 0.25) is 0 Å². The molecule has 3 aromatic rings. The Morgan fingerprint density at radius 2 is 1.90 bits per heavy atom. The van der Waals surface area contributed by atoms with Crippen LogP contribution in [0.3, 0.4) is 0 Å². The van der Waals surface area contributed by atoms with Gasteiger partial charge in [-0.25, -0.2) is 9.78 Å². The van der Waals surface area contributed by atoms with Gasteiger partial charge < -0.3 is 19.9 Å². The summed E-state index contributed by atoms with van der Waals surface area (Å²) >= 11 is 0. The summed E-state index contributed by atoms with van der Waals surface area (Å²) in [5.74, 6) is 0.833. The number of para-hydroxylation sites is 2. The molecule has 0 aliphatic carbocycles. The Labute approximate surface area is 181 Å². The molecule has 1 aromatic heterocycles. The first-order valence-electron chi connectivity index (χ1n) is 10.6. The second kappa shape index (κ2) is 8.41. The number of nitrogens with one attached hydrogen (secondary N) is 2. The van der Waals surface area contributed by atoms with Crippen molar-refractivity contribution >= 4 is 23.0 Å². The molecule has 0 unspecified atom stereocenters. The van der Waals surface area contributed by atoms with E-state index in [0.717, 1.165) is 35.3 Å². The molecule has 2 N–H and O–H groups in total. The van der Waals surface area contributed by atoms with Crippen molar-refractivity contribution in [2.24, 2.45) is 0 Å². The van der Waals surface area contributed by atoms with Gasteiger partial charge in [-0.05, 0) is 63.4 Å². The van der Waals surface area contributed by atoms with Gasteiger partial charge in [0.25, 0.3) is 5.91 Å². The first kappa shape index (κ1) is 20.9. The molecule has 4 rings (SSSR count). The van der Waals surface area contributed by atoms with E-state index >= 15 is 0 Å². The van der Waals surface area contributed by atoms with Crippen LogP contribution in [-0.4, -0.2) is 39.0 Å². The van der Waals surface area contributed by atoms with Crippen molar-refractivity contribution in [3.05, 3.63) is 65.5 Å². The van der Waals surface area contributed by atoms with Crippen LogP contribution in [0.4, 0.5) is 4.79 Å². The number of imidazole rings is 1. The highest BCUT2D eigenvalue weighted by Gasteiger charge is 2.32. The van der Waals surface area contributed by atoms with Crippen molar-refractivity contribution in [3.63, 3.8) is 0 Å². The number of hydrogen-bond donors (Lipinski definition) is 2. The maximum absolute atomic E-state index is 13.2. The molecule has 1 aliphatic rings. The Bertz CT molecular complexity index is 1050. The topological polar surface area (TPSA) is 87.3 Å². The maximum Gasteiger partial charge on any atom is 0.407 e. The minimum absolute atomic E-state index is 0.00499. The third-order valence-corrected chi connectivity index (χ3v) is 5.27. The van der Waals surface area contributed by atoms with Gasteiger partial charge >= 0.3 is 6.09 Å². The van der Waals surface area contributed by atoms with E-state index < -0.39 is 11.7 Å². The fourth-order valence-electron chi connectivity index (χ4n) is 3.84. The van der Waals surface area contributed by atoms with Crippen molar-refractivity contribution in [3.8, 4) is 0 Å². The molecule has 2 aromatic carbocycles. The lowest BCUT2D eigenvalue weighted by atomic mass is 10.1. The monoisotopic (exact) mass is 420 g/mol. The van der Waals surface area contributed by atoms with Gasteiger partial charge in [0.05, 0.1) is 17.1 Å². The number of aromatic nitrogens is 2. The minimum Gasteiger partial charge on any atom is -0.444 e. The van der Waals surface area contributed by atoms with Gasteiger partial charge in [-0.15, -0.1) is 0 Å². The van der Waals surface area contributed by atoms with Crippen LogP contribution in [0.2, 0.25) is 0 Å². The molecule has 0 bridgehead atoms. The summed E-state index contributed by atoms with van der Waals surface area (Å²) in [6.45, 7) is 6.52. The smallest absolute Gasteiger partial charge is 0.407 e. The summed E-state index contributed by atoms with van der Waals surface area (Å²) < 4.78 is 5.24. The summed E-state index contributed by atoms with van der Waals surface area (Å²) in [6.07, 6.45) is 1.38. The second-order valence-corrected chi connectivity index (χ2v) is 8.85. The molecule has 0 saturated carbocycles. The number of hydrogen-bond acceptors (Lipinski definition) is 4. The fourth-order valence-corrected chi connectivity index (χ4v) is 3.84. The first-order valence-corrected chi connectivity index (χ1v) is 10.6. The number of ether oxygens (including phenoxy) is 1. The number of rotatable bonds is 4. The van der Waals surface area contributed by atoms with Crippen LogP contribution in [-0.2, 0) is 11.3 Å². The fraction of sp³-hybridized carbons (Fsp3) is 0.375. The number of alkyl carbamates (subject to hydrolysis) is 1. The number of benzene rings is 2. The molecule has 1 fully saturated rings. The molecule has 162 valence electrons. The minimum atomic E-state index is -0.535. The average Bonchev–Trinajstić information content (AvgIpc) is 3.37. The SMILES string of the molecule is CC(C)(C)OC(=O)NCc1ccc(C(=O)N2CCC[C@H]2c2nc3ccccc3[nH]2)cc1. The molecule has 0 radical (unpaired) electrons. The molecule has 7 heteroatoms. The van der Waals surface area contributed by atoms with E-state index in [2.05, 4.69) is 10.3 Å². The summed E-state index contributed by atoms with van der Waals surface area (Å²) in [6, 6.07) is 15.2. The van der Waals surface area contributed by atoms with Crippen LogP contribution in [0.25, 0.3) is 11.0 Å². The molecular weight excluding hydrogens is 392 g/mol. The van der Waals surface area contributed by atoms with Gasteiger partial charge in [0.15, 0.2) is 0 Å². The number of likely N-dealkylation sites (tertiary alicyclic amines) is 1. The first-order chi connectivity index (χ1) is 14.8. The highest BCUT2D eigenvalue weighted by molar-refractivity contribution is 5.94. The zero-order valence-corrected chi connectivity index (χ0v) is 18.1. The van der Waals surface area contributed by atoms with E-state index in [1.54, 1.807) is 0 Å². The predicted molar refractivity (Wildman–Crippen MR) is 119 cm³/mol. The van der Waals surface area contributed by atoms with Crippen molar-refractivity contribution in [1.29, 1.82) is 0 Å². The standard InChI is InChI=1S/C24H28N4O3/c1-24(2,3)31-23(30)25-15-16-10-12-17(13-11-16)22(29)28-14-6-9-20(28)21-26-18-7-4-5-8-19(18)27-21/h4-5,7-8,10-13,20H,6,9,14-15H2,1-3H3,(H,25,30)(H,26,27)/t20-/m0/s1. The van der Waals surface area contributed by atoms with Crippen molar-refractivity contribution in [2.75, 3.05) is 6.54 Å². The molecule has 7 nitrogen and oxygen atoms in total. The predicted octanol–water partition coefficient (Wildman–Crippen LogP) is 4.56. The van der Waals surface area contributed by atoms with Crippen molar-refractivity contribution in [2.45, 2.75) is 51.8 Å². The lowest BCUT2D eigenvalue weighted by molar-refractivity contribution is 0.0523. The van der Waals surface area contributed by atoms with Crippen LogP contribution in [0, 0.1) is 0 Å². The van der Waals surface area contributed by atoms with Crippen LogP contribution in [0.5, 0.6) is 0 Å². The van der Waals surface area contributed by atoms with Crippen LogP contribution >= 0.6 is 0 Å². The summed E-state index contributed by atoms with van der Waals surface area (Å²) in [5, 5.41) is 2.73. The molecule has 0 spiro atoms. The molecule has 1 aliphatic heterocycles. The molecule has 31 heavy (non-hydrogen) atoms. The van der Waals surface area contributed by atoms with E-state index in [0.29, 0.717) is 18.7 Å². The third-order valence-electron chi connectivity index (χ3n) is 5.27. The normalized spacial score (nSPS) is 16.5. The number of fused-ring (bicyclic) bond motifs is 1. The summed E-state index contributed by atoms with van der Waals surface area (Å²) in [5.41, 5.74) is 2.89.